The zero-order valence-corrected chi connectivity index (χ0v) is 14.4. The number of methoxy groups -OCH3 is 2. The molecule has 0 radical (unpaired) electrons. The fourth-order valence-corrected chi connectivity index (χ4v) is 2.60. The van der Waals surface area contributed by atoms with E-state index in [9.17, 15) is 14.0 Å². The van der Waals surface area contributed by atoms with E-state index in [0.717, 1.165) is 6.07 Å². The smallest absolute Gasteiger partial charge is 0.280 e. The first kappa shape index (κ1) is 17.4. The Morgan fingerprint density at radius 1 is 1.12 bits per heavy atom. The van der Waals surface area contributed by atoms with Crippen LogP contribution >= 0.6 is 0 Å². The number of amides is 1. The van der Waals surface area contributed by atoms with Gasteiger partial charge in [-0.25, -0.2) is 4.39 Å². The third-order valence-corrected chi connectivity index (χ3v) is 3.87. The van der Waals surface area contributed by atoms with Crippen LogP contribution < -0.4 is 20.2 Å². The Kier molecular flexibility index (Phi) is 4.57. The Morgan fingerprint density at radius 3 is 2.54 bits per heavy atom. The Labute approximate surface area is 148 Å². The van der Waals surface area contributed by atoms with Crippen LogP contribution in [-0.2, 0) is 7.05 Å². The van der Waals surface area contributed by atoms with Crippen LogP contribution in [0.4, 0.5) is 10.1 Å². The Balaban J connectivity index is 2.01. The largest absolute Gasteiger partial charge is 0.493 e. The molecule has 3 rings (SSSR count). The quantitative estimate of drug-likeness (QED) is 0.775. The minimum absolute atomic E-state index is 0.0833. The van der Waals surface area contributed by atoms with Gasteiger partial charge in [0.1, 0.15) is 5.82 Å². The Morgan fingerprint density at radius 2 is 1.85 bits per heavy atom. The first-order valence-electron chi connectivity index (χ1n) is 7.64. The summed E-state index contributed by atoms with van der Waals surface area (Å²) < 4.78 is 25.2. The van der Waals surface area contributed by atoms with E-state index in [-0.39, 0.29) is 11.1 Å². The third kappa shape index (κ3) is 3.08. The number of fused-ring (bicyclic) bond motifs is 1. The van der Waals surface area contributed by atoms with E-state index >= 15 is 0 Å². The predicted octanol–water partition coefficient (Wildman–Crippen LogP) is 2.34. The van der Waals surface area contributed by atoms with E-state index < -0.39 is 17.2 Å². The van der Waals surface area contributed by atoms with E-state index in [0.29, 0.717) is 22.7 Å². The number of carbonyl (C=O) groups is 1. The summed E-state index contributed by atoms with van der Waals surface area (Å²) in [4.78, 5) is 25.1. The van der Waals surface area contributed by atoms with Gasteiger partial charge in [-0.2, -0.15) is 5.10 Å². The Bertz CT molecular complexity index is 1060. The summed E-state index contributed by atoms with van der Waals surface area (Å²) in [6.07, 6.45) is 0. The molecule has 1 N–H and O–H groups in total. The highest BCUT2D eigenvalue weighted by molar-refractivity contribution is 6.04. The molecule has 0 aliphatic rings. The number of anilines is 1. The maximum absolute atomic E-state index is 13.5. The molecule has 1 amide bonds. The van der Waals surface area contributed by atoms with Gasteiger partial charge in [0.25, 0.3) is 5.91 Å². The van der Waals surface area contributed by atoms with Gasteiger partial charge >= 0.3 is 0 Å². The lowest BCUT2D eigenvalue weighted by Gasteiger charge is -2.11. The van der Waals surface area contributed by atoms with Crippen LogP contribution in [0.15, 0.2) is 41.2 Å². The molecule has 0 spiro atoms. The van der Waals surface area contributed by atoms with Gasteiger partial charge in [-0.05, 0) is 30.3 Å². The molecule has 0 aliphatic heterocycles. The van der Waals surface area contributed by atoms with Crippen LogP contribution in [0.3, 0.4) is 0 Å². The second-order valence-electron chi connectivity index (χ2n) is 5.49. The molecule has 134 valence electrons. The minimum Gasteiger partial charge on any atom is -0.493 e. The fraction of sp³-hybridized carbons (Fsp3) is 0.167. The SMILES string of the molecule is COc1ccc(NC(=O)c2nn(C)c3ccc(F)cc3c2=O)cc1OC. The highest BCUT2D eigenvalue weighted by atomic mass is 19.1. The summed E-state index contributed by atoms with van der Waals surface area (Å²) in [6.45, 7) is 0. The standard InChI is InChI=1S/C18H16FN3O4/c1-22-13-6-4-10(19)8-12(13)17(23)16(21-22)18(24)20-11-5-7-14(25-2)15(9-11)26-3/h4-9H,1-3H3,(H,20,24). The summed E-state index contributed by atoms with van der Waals surface area (Å²) in [5.74, 6) is -0.344. The lowest BCUT2D eigenvalue weighted by molar-refractivity contribution is 0.101. The molecule has 0 unspecified atom stereocenters. The molecule has 0 fully saturated rings. The van der Waals surface area contributed by atoms with Gasteiger partial charge in [-0.3, -0.25) is 14.3 Å². The zero-order chi connectivity index (χ0) is 18.8. The maximum Gasteiger partial charge on any atom is 0.280 e. The van der Waals surface area contributed by atoms with E-state index in [1.807, 2.05) is 0 Å². The number of nitrogens with one attached hydrogen (secondary N) is 1. The molecule has 1 aromatic heterocycles. The normalized spacial score (nSPS) is 10.6. The van der Waals surface area contributed by atoms with Gasteiger partial charge in [-0.1, -0.05) is 0 Å². The number of ether oxygens (including phenoxy) is 2. The second kappa shape index (κ2) is 6.83. The van der Waals surface area contributed by atoms with Crippen molar-refractivity contribution in [3.63, 3.8) is 0 Å². The predicted molar refractivity (Wildman–Crippen MR) is 94.4 cm³/mol. The van der Waals surface area contributed by atoms with Gasteiger partial charge in [0, 0.05) is 18.8 Å². The van der Waals surface area contributed by atoms with Crippen molar-refractivity contribution in [1.29, 1.82) is 0 Å². The first-order chi connectivity index (χ1) is 12.4. The zero-order valence-electron chi connectivity index (χ0n) is 14.4. The number of aryl methyl sites for hydroxylation is 1. The fourth-order valence-electron chi connectivity index (χ4n) is 2.60. The molecular formula is C18H16FN3O4. The lowest BCUT2D eigenvalue weighted by Crippen LogP contribution is -2.26. The van der Waals surface area contributed by atoms with E-state index in [1.54, 1.807) is 25.2 Å². The molecule has 0 saturated heterocycles. The molecule has 2 aromatic carbocycles. The number of rotatable bonds is 4. The van der Waals surface area contributed by atoms with Crippen molar-refractivity contribution >= 4 is 22.5 Å². The van der Waals surface area contributed by atoms with Crippen molar-refractivity contribution in [3.05, 3.63) is 58.1 Å². The van der Waals surface area contributed by atoms with Crippen LogP contribution in [0.2, 0.25) is 0 Å². The average Bonchev–Trinajstić information content (AvgIpc) is 2.64. The van der Waals surface area contributed by atoms with Crippen molar-refractivity contribution in [2.75, 3.05) is 19.5 Å². The summed E-state index contributed by atoms with van der Waals surface area (Å²) in [6, 6.07) is 8.54. The monoisotopic (exact) mass is 357 g/mol. The van der Waals surface area contributed by atoms with E-state index in [1.165, 1.54) is 31.0 Å². The van der Waals surface area contributed by atoms with Crippen molar-refractivity contribution in [2.45, 2.75) is 0 Å². The summed E-state index contributed by atoms with van der Waals surface area (Å²) >= 11 is 0. The summed E-state index contributed by atoms with van der Waals surface area (Å²) in [7, 11) is 4.55. The molecule has 3 aromatic rings. The van der Waals surface area contributed by atoms with E-state index in [4.69, 9.17) is 9.47 Å². The van der Waals surface area contributed by atoms with Gasteiger partial charge < -0.3 is 14.8 Å². The molecule has 7 nitrogen and oxygen atoms in total. The number of carbonyl (C=O) groups excluding carboxylic acids is 1. The first-order valence-corrected chi connectivity index (χ1v) is 7.64. The number of hydrogen-bond acceptors (Lipinski definition) is 5. The molecule has 0 bridgehead atoms. The maximum atomic E-state index is 13.5. The van der Waals surface area contributed by atoms with Crippen LogP contribution in [0.5, 0.6) is 11.5 Å². The van der Waals surface area contributed by atoms with Gasteiger partial charge in [-0.15, -0.1) is 0 Å². The van der Waals surface area contributed by atoms with Crippen LogP contribution in [0.25, 0.3) is 10.9 Å². The third-order valence-electron chi connectivity index (χ3n) is 3.87. The van der Waals surface area contributed by atoms with Crippen LogP contribution in [0, 0.1) is 5.82 Å². The Hall–Kier alpha value is -3.42. The highest BCUT2D eigenvalue weighted by Crippen LogP contribution is 2.29. The van der Waals surface area contributed by atoms with Crippen LogP contribution in [-0.4, -0.2) is 29.9 Å². The average molecular weight is 357 g/mol. The number of benzene rings is 2. The van der Waals surface area contributed by atoms with Crippen LogP contribution in [0.1, 0.15) is 10.5 Å². The van der Waals surface area contributed by atoms with Gasteiger partial charge in [0.2, 0.25) is 5.43 Å². The number of aromatic nitrogens is 2. The number of halogens is 1. The topological polar surface area (TPSA) is 82.5 Å². The van der Waals surface area contributed by atoms with Crippen molar-refractivity contribution in [2.24, 2.45) is 7.05 Å². The molecule has 0 aliphatic carbocycles. The van der Waals surface area contributed by atoms with Crippen molar-refractivity contribution in [3.8, 4) is 11.5 Å². The summed E-state index contributed by atoms with van der Waals surface area (Å²) in [5, 5.41) is 6.69. The lowest BCUT2D eigenvalue weighted by atomic mass is 10.2. The molecule has 1 heterocycles. The number of nitrogens with zero attached hydrogens (tertiary/aromatic N) is 2. The number of hydrogen-bond donors (Lipinski definition) is 1. The molecule has 0 atom stereocenters. The summed E-state index contributed by atoms with van der Waals surface area (Å²) in [5.41, 5.74) is -0.147. The highest BCUT2D eigenvalue weighted by Gasteiger charge is 2.18. The molecule has 26 heavy (non-hydrogen) atoms. The molecule has 8 heteroatoms. The van der Waals surface area contributed by atoms with Gasteiger partial charge in [0.05, 0.1) is 25.1 Å². The molecular weight excluding hydrogens is 341 g/mol. The van der Waals surface area contributed by atoms with E-state index in [2.05, 4.69) is 10.4 Å². The molecule has 0 saturated carbocycles. The van der Waals surface area contributed by atoms with Gasteiger partial charge in [0.15, 0.2) is 17.2 Å². The van der Waals surface area contributed by atoms with Crippen molar-refractivity contribution < 1.29 is 18.7 Å². The van der Waals surface area contributed by atoms with Crippen molar-refractivity contribution in [1.82, 2.24) is 9.78 Å². The second-order valence-corrected chi connectivity index (χ2v) is 5.49. The minimum atomic E-state index is -0.705.